The van der Waals surface area contributed by atoms with Gasteiger partial charge in [0, 0.05) is 26.3 Å². The normalized spacial score (nSPS) is 21.1. The molecule has 1 aliphatic carbocycles. The number of ether oxygens (including phenoxy) is 1. The Kier molecular flexibility index (Phi) is 4.59. The topological polar surface area (TPSA) is 84.7 Å². The maximum absolute atomic E-state index is 12.6. The van der Waals surface area contributed by atoms with Gasteiger partial charge in [-0.2, -0.15) is 0 Å². The second-order valence-electron chi connectivity index (χ2n) is 5.56. The average Bonchev–Trinajstić information content (AvgIpc) is 3.22. The first-order valence-electron chi connectivity index (χ1n) is 6.88. The first-order chi connectivity index (χ1) is 9.45. The summed E-state index contributed by atoms with van der Waals surface area (Å²) in [5.74, 6) is -0.312. The van der Waals surface area contributed by atoms with Crippen LogP contribution < -0.4 is 11.1 Å². The summed E-state index contributed by atoms with van der Waals surface area (Å²) in [6.07, 6.45) is 3.01. The highest BCUT2D eigenvalue weighted by Crippen LogP contribution is 2.33. The number of nitrogens with two attached hydrogens (primary N) is 1. The molecule has 7 heteroatoms. The van der Waals surface area contributed by atoms with Crippen LogP contribution in [-0.4, -0.2) is 54.6 Å². The van der Waals surface area contributed by atoms with Crippen molar-refractivity contribution in [2.45, 2.75) is 31.7 Å². The van der Waals surface area contributed by atoms with Crippen LogP contribution in [0, 0.1) is 5.41 Å². The van der Waals surface area contributed by atoms with Crippen molar-refractivity contribution < 1.29 is 14.3 Å². The third kappa shape index (κ3) is 3.27. The van der Waals surface area contributed by atoms with E-state index in [1.54, 1.807) is 7.05 Å². The number of hydrogen-bond donors (Lipinski definition) is 2. The van der Waals surface area contributed by atoms with E-state index in [1.807, 2.05) is 0 Å². The Labute approximate surface area is 124 Å². The second kappa shape index (κ2) is 6.05. The number of nitrogens with zero attached hydrogens (tertiary/aromatic N) is 1. The largest absolute Gasteiger partial charge is 0.392 e. The number of carbonyl (C=O) groups excluding carboxylic acids is 2. The molecule has 1 saturated carbocycles. The van der Waals surface area contributed by atoms with Gasteiger partial charge in [0.1, 0.15) is 5.41 Å². The quantitative estimate of drug-likeness (QED) is 0.687. The molecule has 0 bridgehead atoms. The van der Waals surface area contributed by atoms with Crippen LogP contribution in [0.15, 0.2) is 0 Å². The minimum atomic E-state index is -0.859. The van der Waals surface area contributed by atoms with E-state index < -0.39 is 5.41 Å². The van der Waals surface area contributed by atoms with Crippen molar-refractivity contribution in [3.63, 3.8) is 0 Å². The highest BCUT2D eigenvalue weighted by Gasteiger charge is 2.44. The van der Waals surface area contributed by atoms with Crippen LogP contribution in [0.1, 0.15) is 25.7 Å². The number of nitrogens with one attached hydrogen (secondary N) is 1. The van der Waals surface area contributed by atoms with Crippen molar-refractivity contribution in [3.05, 3.63) is 0 Å². The summed E-state index contributed by atoms with van der Waals surface area (Å²) in [6.45, 7) is 0.969. The third-order valence-corrected chi connectivity index (χ3v) is 4.29. The van der Waals surface area contributed by atoms with Gasteiger partial charge in [-0.15, -0.1) is 0 Å². The molecule has 20 heavy (non-hydrogen) atoms. The fourth-order valence-electron chi connectivity index (χ4n) is 2.44. The molecule has 6 nitrogen and oxygen atoms in total. The molecule has 0 aromatic carbocycles. The molecule has 2 fully saturated rings. The molecule has 112 valence electrons. The summed E-state index contributed by atoms with van der Waals surface area (Å²) in [7, 11) is 1.62. The lowest BCUT2D eigenvalue weighted by Gasteiger charge is -2.37. The van der Waals surface area contributed by atoms with E-state index in [0.29, 0.717) is 32.1 Å². The van der Waals surface area contributed by atoms with Gasteiger partial charge in [0.25, 0.3) is 0 Å². The summed E-state index contributed by atoms with van der Waals surface area (Å²) in [5.41, 5.74) is 4.93. The average molecular weight is 299 g/mol. The van der Waals surface area contributed by atoms with Crippen molar-refractivity contribution in [1.82, 2.24) is 10.2 Å². The molecule has 2 amide bonds. The predicted molar refractivity (Wildman–Crippen MR) is 78.1 cm³/mol. The summed E-state index contributed by atoms with van der Waals surface area (Å²) in [6, 6.07) is 0.290. The van der Waals surface area contributed by atoms with Gasteiger partial charge < -0.3 is 20.7 Å². The maximum atomic E-state index is 12.6. The minimum Gasteiger partial charge on any atom is -0.392 e. The van der Waals surface area contributed by atoms with Crippen molar-refractivity contribution in [2.75, 3.05) is 26.8 Å². The van der Waals surface area contributed by atoms with Gasteiger partial charge >= 0.3 is 0 Å². The Hall–Kier alpha value is -1.21. The van der Waals surface area contributed by atoms with Crippen molar-refractivity contribution in [1.29, 1.82) is 0 Å². The Morgan fingerprint density at radius 1 is 1.40 bits per heavy atom. The first kappa shape index (κ1) is 15.2. The first-order valence-corrected chi connectivity index (χ1v) is 7.29. The van der Waals surface area contributed by atoms with Gasteiger partial charge in [0.15, 0.2) is 0 Å². The molecule has 0 unspecified atom stereocenters. The molecule has 2 rings (SSSR count). The molecular formula is C13H21N3O3S. The molecule has 2 aliphatic rings. The molecule has 3 N–H and O–H groups in total. The lowest BCUT2D eigenvalue weighted by molar-refractivity contribution is -0.143. The Morgan fingerprint density at radius 3 is 2.50 bits per heavy atom. The zero-order chi connectivity index (χ0) is 14.8. The number of hydrogen-bond acceptors (Lipinski definition) is 4. The maximum Gasteiger partial charge on any atom is 0.239 e. The highest BCUT2D eigenvalue weighted by atomic mass is 32.1. The molecule has 0 aromatic heterocycles. The number of amides is 2. The van der Waals surface area contributed by atoms with Gasteiger partial charge in [-0.1, -0.05) is 12.2 Å². The molecular weight excluding hydrogens is 278 g/mol. The molecule has 1 saturated heterocycles. The summed E-state index contributed by atoms with van der Waals surface area (Å²) in [4.78, 5) is 26.0. The van der Waals surface area contributed by atoms with Gasteiger partial charge in [-0.3, -0.25) is 9.59 Å². The van der Waals surface area contributed by atoms with Crippen molar-refractivity contribution in [2.24, 2.45) is 11.1 Å². The Bertz CT molecular complexity index is 417. The smallest absolute Gasteiger partial charge is 0.239 e. The molecule has 0 radical (unpaired) electrons. The van der Waals surface area contributed by atoms with E-state index in [9.17, 15) is 9.59 Å². The molecule has 0 spiro atoms. The number of rotatable bonds is 5. The standard InChI is InChI=1S/C13H21N3O3S/c1-16(8-10(17)15-9-2-3-9)12(18)13(11(14)20)4-6-19-7-5-13/h9H,2-8H2,1H3,(H2,14,20)(H,15,17). The Balaban J connectivity index is 1.98. The van der Waals surface area contributed by atoms with Crippen LogP contribution >= 0.6 is 12.2 Å². The van der Waals surface area contributed by atoms with Gasteiger partial charge in [-0.05, 0) is 25.7 Å². The van der Waals surface area contributed by atoms with Crippen LogP contribution in [0.3, 0.4) is 0 Å². The van der Waals surface area contributed by atoms with E-state index in [2.05, 4.69) is 5.32 Å². The SMILES string of the molecule is CN(CC(=O)NC1CC1)C(=O)C1(C(N)=S)CCOCC1. The molecule has 0 aromatic rings. The lowest BCUT2D eigenvalue weighted by atomic mass is 9.78. The van der Waals surface area contributed by atoms with Crippen LogP contribution in [0.4, 0.5) is 0 Å². The number of likely N-dealkylation sites (N-methyl/N-ethyl adjacent to an activating group) is 1. The molecule has 1 heterocycles. The van der Waals surface area contributed by atoms with E-state index >= 15 is 0 Å². The second-order valence-corrected chi connectivity index (χ2v) is 6.00. The highest BCUT2D eigenvalue weighted by molar-refractivity contribution is 7.80. The minimum absolute atomic E-state index is 0.0422. The number of thiocarbonyl (C=S) groups is 1. The summed E-state index contributed by atoms with van der Waals surface area (Å²) >= 11 is 5.09. The summed E-state index contributed by atoms with van der Waals surface area (Å²) in [5, 5.41) is 2.86. The predicted octanol–water partition coefficient (Wildman–Crippen LogP) is -0.194. The van der Waals surface area contributed by atoms with E-state index in [1.165, 1.54) is 4.90 Å². The monoisotopic (exact) mass is 299 g/mol. The summed E-state index contributed by atoms with van der Waals surface area (Å²) < 4.78 is 5.28. The third-order valence-electron chi connectivity index (χ3n) is 3.90. The fourth-order valence-corrected chi connectivity index (χ4v) is 2.73. The van der Waals surface area contributed by atoms with Gasteiger partial charge in [-0.25, -0.2) is 0 Å². The van der Waals surface area contributed by atoms with E-state index in [4.69, 9.17) is 22.7 Å². The molecule has 1 aliphatic heterocycles. The van der Waals surface area contributed by atoms with E-state index in [0.717, 1.165) is 12.8 Å². The zero-order valence-electron chi connectivity index (χ0n) is 11.7. The van der Waals surface area contributed by atoms with E-state index in [-0.39, 0.29) is 23.3 Å². The van der Waals surface area contributed by atoms with Crippen molar-refractivity contribution in [3.8, 4) is 0 Å². The zero-order valence-corrected chi connectivity index (χ0v) is 12.5. The van der Waals surface area contributed by atoms with Crippen molar-refractivity contribution >= 4 is 29.0 Å². The van der Waals surface area contributed by atoms with Gasteiger partial charge in [0.2, 0.25) is 11.8 Å². The van der Waals surface area contributed by atoms with Crippen LogP contribution in [0.25, 0.3) is 0 Å². The molecule has 0 atom stereocenters. The van der Waals surface area contributed by atoms with Crippen LogP contribution in [0.5, 0.6) is 0 Å². The van der Waals surface area contributed by atoms with Crippen LogP contribution in [0.2, 0.25) is 0 Å². The Morgan fingerprint density at radius 2 is 2.00 bits per heavy atom. The number of carbonyl (C=O) groups is 2. The lowest BCUT2D eigenvalue weighted by Crippen LogP contribution is -2.53. The van der Waals surface area contributed by atoms with Gasteiger partial charge in [0.05, 0.1) is 11.5 Å². The van der Waals surface area contributed by atoms with Crippen LogP contribution in [-0.2, 0) is 14.3 Å². The fraction of sp³-hybridized carbons (Fsp3) is 0.769.